The first-order chi connectivity index (χ1) is 14.3. The Bertz CT molecular complexity index is 1130. The number of sulfonamides is 1. The highest BCUT2D eigenvalue weighted by Gasteiger charge is 2.18. The molecule has 0 saturated carbocycles. The Morgan fingerprint density at radius 1 is 1.00 bits per heavy atom. The number of benzene rings is 3. The highest BCUT2D eigenvalue weighted by atomic mass is 32.2. The number of carbonyl (C=O) groups is 1. The molecule has 0 aliphatic rings. The molecule has 6 nitrogen and oxygen atoms in total. The van der Waals surface area contributed by atoms with Crippen LogP contribution < -0.4 is 15.8 Å². The molecule has 0 saturated heterocycles. The molecule has 0 spiro atoms. The fraction of sp³-hybridized carbons (Fsp3) is 0.136. The Labute approximate surface area is 175 Å². The van der Waals surface area contributed by atoms with E-state index < -0.39 is 27.9 Å². The summed E-state index contributed by atoms with van der Waals surface area (Å²) in [6.07, 6.45) is 0.882. The van der Waals surface area contributed by atoms with Gasteiger partial charge in [0, 0.05) is 5.69 Å². The summed E-state index contributed by atoms with van der Waals surface area (Å²) >= 11 is 0. The molecule has 3 aromatic carbocycles. The molecule has 0 unspecified atom stereocenters. The number of urea groups is 1. The van der Waals surface area contributed by atoms with E-state index in [1.165, 1.54) is 36.4 Å². The average molecular weight is 428 g/mol. The fourth-order valence-corrected chi connectivity index (χ4v) is 3.53. The van der Waals surface area contributed by atoms with E-state index in [9.17, 15) is 17.6 Å². The fourth-order valence-electron chi connectivity index (χ4n) is 3.02. The predicted molar refractivity (Wildman–Crippen MR) is 114 cm³/mol. The lowest BCUT2D eigenvalue weighted by molar-refractivity contribution is 0.250. The van der Waals surface area contributed by atoms with Crippen LogP contribution in [0.15, 0.2) is 77.7 Å². The largest absolute Gasteiger partial charge is 0.327 e. The van der Waals surface area contributed by atoms with Crippen molar-refractivity contribution in [1.29, 1.82) is 0 Å². The topological polar surface area (TPSA) is 101 Å². The SMILES string of the molecule is CCc1ccc([C@@H](NC(=O)Nc2ccc(S(N)(=O)=O)cc2)c2cccc(F)c2)cc1. The zero-order valence-corrected chi connectivity index (χ0v) is 17.1. The van der Waals surface area contributed by atoms with Crippen LogP contribution in [0.4, 0.5) is 14.9 Å². The maximum absolute atomic E-state index is 13.8. The molecule has 0 aliphatic carbocycles. The number of aryl methyl sites for hydroxylation is 1. The van der Waals surface area contributed by atoms with Crippen LogP contribution in [-0.4, -0.2) is 14.4 Å². The van der Waals surface area contributed by atoms with Gasteiger partial charge in [0.2, 0.25) is 10.0 Å². The molecule has 0 heterocycles. The van der Waals surface area contributed by atoms with Crippen molar-refractivity contribution in [2.75, 3.05) is 5.32 Å². The Hall–Kier alpha value is -3.23. The molecular weight excluding hydrogens is 405 g/mol. The molecule has 156 valence electrons. The van der Waals surface area contributed by atoms with E-state index in [2.05, 4.69) is 10.6 Å². The van der Waals surface area contributed by atoms with Crippen LogP contribution in [0, 0.1) is 5.82 Å². The molecule has 0 fully saturated rings. The second-order valence-electron chi connectivity index (χ2n) is 6.75. The van der Waals surface area contributed by atoms with Crippen LogP contribution >= 0.6 is 0 Å². The van der Waals surface area contributed by atoms with Crippen LogP contribution in [-0.2, 0) is 16.4 Å². The van der Waals surface area contributed by atoms with E-state index in [-0.39, 0.29) is 4.90 Å². The molecule has 1 atom stereocenters. The molecule has 3 rings (SSSR count). The lowest BCUT2D eigenvalue weighted by Gasteiger charge is -2.21. The Morgan fingerprint density at radius 2 is 1.67 bits per heavy atom. The lowest BCUT2D eigenvalue weighted by Crippen LogP contribution is -2.33. The molecular formula is C22H22FN3O3S. The van der Waals surface area contributed by atoms with Gasteiger partial charge in [0.1, 0.15) is 5.82 Å². The third-order valence-corrected chi connectivity index (χ3v) is 5.55. The summed E-state index contributed by atoms with van der Waals surface area (Å²) in [6.45, 7) is 2.05. The summed E-state index contributed by atoms with van der Waals surface area (Å²) in [5.74, 6) is -0.400. The number of halogens is 1. The highest BCUT2D eigenvalue weighted by molar-refractivity contribution is 7.89. The normalized spacial score (nSPS) is 12.2. The second kappa shape index (κ2) is 9.06. The maximum Gasteiger partial charge on any atom is 0.319 e. The van der Waals surface area contributed by atoms with Crippen molar-refractivity contribution in [2.45, 2.75) is 24.3 Å². The molecule has 0 aromatic heterocycles. The standard InChI is InChI=1S/C22H22FN3O3S/c1-2-15-6-8-16(9-7-15)21(17-4-3-5-18(23)14-17)26-22(27)25-19-10-12-20(13-11-19)30(24,28)29/h3-14,21H,2H2,1H3,(H2,24,28,29)(H2,25,26,27)/t21-/m1/s1. The van der Waals surface area contributed by atoms with E-state index in [1.807, 2.05) is 31.2 Å². The van der Waals surface area contributed by atoms with Gasteiger partial charge in [-0.1, -0.05) is 43.3 Å². The van der Waals surface area contributed by atoms with Gasteiger partial charge in [-0.2, -0.15) is 0 Å². The summed E-state index contributed by atoms with van der Waals surface area (Å²) in [5.41, 5.74) is 2.94. The number of rotatable bonds is 6. The van der Waals surface area contributed by atoms with Crippen molar-refractivity contribution in [3.05, 3.63) is 95.3 Å². The number of nitrogens with one attached hydrogen (secondary N) is 2. The monoisotopic (exact) mass is 427 g/mol. The Balaban J connectivity index is 1.82. The third-order valence-electron chi connectivity index (χ3n) is 4.62. The van der Waals surface area contributed by atoms with E-state index in [0.717, 1.165) is 17.5 Å². The van der Waals surface area contributed by atoms with Crippen LogP contribution in [0.3, 0.4) is 0 Å². The molecule has 8 heteroatoms. The van der Waals surface area contributed by atoms with Gasteiger partial charge in [-0.25, -0.2) is 22.7 Å². The molecule has 30 heavy (non-hydrogen) atoms. The summed E-state index contributed by atoms with van der Waals surface area (Å²) in [7, 11) is -3.81. The number of hydrogen-bond donors (Lipinski definition) is 3. The smallest absolute Gasteiger partial charge is 0.319 e. The summed E-state index contributed by atoms with van der Waals surface area (Å²) in [6, 6.07) is 18.2. The first-order valence-electron chi connectivity index (χ1n) is 9.31. The van der Waals surface area contributed by atoms with Gasteiger partial charge in [-0.15, -0.1) is 0 Å². The number of anilines is 1. The predicted octanol–water partition coefficient (Wildman–Crippen LogP) is 3.95. The van der Waals surface area contributed by atoms with Crippen LogP contribution in [0.25, 0.3) is 0 Å². The van der Waals surface area contributed by atoms with Crippen molar-refractivity contribution in [3.8, 4) is 0 Å². The number of amides is 2. The van der Waals surface area contributed by atoms with E-state index in [0.29, 0.717) is 11.3 Å². The van der Waals surface area contributed by atoms with Crippen molar-refractivity contribution in [2.24, 2.45) is 5.14 Å². The van der Waals surface area contributed by atoms with Gasteiger partial charge < -0.3 is 10.6 Å². The van der Waals surface area contributed by atoms with E-state index >= 15 is 0 Å². The van der Waals surface area contributed by atoms with Crippen molar-refractivity contribution in [3.63, 3.8) is 0 Å². The molecule has 0 bridgehead atoms. The Morgan fingerprint density at radius 3 is 2.23 bits per heavy atom. The minimum atomic E-state index is -3.81. The van der Waals surface area contributed by atoms with E-state index in [1.54, 1.807) is 12.1 Å². The zero-order chi connectivity index (χ0) is 21.7. The average Bonchev–Trinajstić information content (AvgIpc) is 2.72. The molecule has 0 aliphatic heterocycles. The molecule has 0 radical (unpaired) electrons. The first-order valence-corrected chi connectivity index (χ1v) is 10.9. The van der Waals surface area contributed by atoms with Crippen LogP contribution in [0.5, 0.6) is 0 Å². The number of nitrogens with two attached hydrogens (primary N) is 1. The summed E-state index contributed by atoms with van der Waals surface area (Å²) in [5, 5.41) is 10.6. The van der Waals surface area contributed by atoms with Gasteiger partial charge in [0.05, 0.1) is 10.9 Å². The van der Waals surface area contributed by atoms with Crippen LogP contribution in [0.1, 0.15) is 29.7 Å². The zero-order valence-electron chi connectivity index (χ0n) is 16.3. The van der Waals surface area contributed by atoms with Gasteiger partial charge >= 0.3 is 6.03 Å². The van der Waals surface area contributed by atoms with E-state index in [4.69, 9.17) is 5.14 Å². The third kappa shape index (κ3) is 5.43. The molecule has 4 N–H and O–H groups in total. The van der Waals surface area contributed by atoms with Crippen molar-refractivity contribution in [1.82, 2.24) is 5.32 Å². The van der Waals surface area contributed by atoms with Gasteiger partial charge in [-0.05, 0) is 59.5 Å². The Kier molecular flexibility index (Phi) is 6.49. The minimum absolute atomic E-state index is 0.0536. The van der Waals surface area contributed by atoms with Crippen LogP contribution in [0.2, 0.25) is 0 Å². The van der Waals surface area contributed by atoms with Gasteiger partial charge in [0.15, 0.2) is 0 Å². The number of primary sulfonamides is 1. The summed E-state index contributed by atoms with van der Waals surface area (Å²) < 4.78 is 36.5. The lowest BCUT2D eigenvalue weighted by atomic mass is 9.97. The molecule has 3 aromatic rings. The number of carbonyl (C=O) groups excluding carboxylic acids is 1. The summed E-state index contributed by atoms with van der Waals surface area (Å²) in [4.78, 5) is 12.5. The maximum atomic E-state index is 13.8. The number of hydrogen-bond acceptors (Lipinski definition) is 3. The second-order valence-corrected chi connectivity index (χ2v) is 8.31. The minimum Gasteiger partial charge on any atom is -0.327 e. The van der Waals surface area contributed by atoms with Gasteiger partial charge in [0.25, 0.3) is 0 Å². The quantitative estimate of drug-likeness (QED) is 0.555. The highest BCUT2D eigenvalue weighted by Crippen LogP contribution is 2.24. The molecule has 2 amide bonds. The van der Waals surface area contributed by atoms with Crippen molar-refractivity contribution >= 4 is 21.7 Å². The van der Waals surface area contributed by atoms with Crippen molar-refractivity contribution < 1.29 is 17.6 Å². The first kappa shape index (κ1) is 21.5. The van der Waals surface area contributed by atoms with Gasteiger partial charge in [-0.3, -0.25) is 0 Å².